The van der Waals surface area contributed by atoms with Crippen molar-refractivity contribution in [3.05, 3.63) is 53.4 Å². The van der Waals surface area contributed by atoms with E-state index in [-0.39, 0.29) is 0 Å². The molecule has 0 fully saturated rings. The summed E-state index contributed by atoms with van der Waals surface area (Å²) in [6.07, 6.45) is 1.02. The summed E-state index contributed by atoms with van der Waals surface area (Å²) in [5.41, 5.74) is 2.67. The van der Waals surface area contributed by atoms with Crippen LogP contribution in [-0.2, 0) is 6.42 Å². The van der Waals surface area contributed by atoms with Gasteiger partial charge in [-0.1, -0.05) is 13.0 Å². The highest BCUT2D eigenvalue weighted by molar-refractivity contribution is 7.22. The van der Waals surface area contributed by atoms with Crippen LogP contribution in [0.5, 0.6) is 5.75 Å². The van der Waals surface area contributed by atoms with Gasteiger partial charge in [-0.3, -0.25) is 0 Å². The minimum Gasteiger partial charge on any atom is -0.507 e. The molecule has 2 aromatic carbocycles. The first-order valence-corrected chi connectivity index (χ1v) is 8.68. The first-order chi connectivity index (χ1) is 10.3. The zero-order chi connectivity index (χ0) is 14.4. The van der Waals surface area contributed by atoms with Crippen LogP contribution in [0.4, 0.5) is 0 Å². The van der Waals surface area contributed by atoms with E-state index >= 15 is 0 Å². The average Bonchev–Trinajstić information content (AvgIpc) is 3.12. The first kappa shape index (κ1) is 12.9. The largest absolute Gasteiger partial charge is 0.507 e. The van der Waals surface area contributed by atoms with Crippen LogP contribution in [0.2, 0.25) is 0 Å². The van der Waals surface area contributed by atoms with Gasteiger partial charge in [-0.05, 0) is 64.7 Å². The van der Waals surface area contributed by atoms with E-state index in [1.54, 1.807) is 28.7 Å². The molecule has 2 heterocycles. The van der Waals surface area contributed by atoms with Crippen molar-refractivity contribution in [1.82, 2.24) is 0 Å². The monoisotopic (exact) mass is 310 g/mol. The molecule has 0 aliphatic heterocycles. The van der Waals surface area contributed by atoms with Crippen molar-refractivity contribution in [2.45, 2.75) is 13.3 Å². The fourth-order valence-electron chi connectivity index (χ4n) is 2.76. The normalized spacial score (nSPS) is 11.5. The van der Waals surface area contributed by atoms with E-state index in [9.17, 15) is 5.11 Å². The molecule has 0 spiro atoms. The quantitative estimate of drug-likeness (QED) is 0.478. The van der Waals surface area contributed by atoms with Gasteiger partial charge in [-0.15, -0.1) is 22.7 Å². The van der Waals surface area contributed by atoms with Crippen molar-refractivity contribution >= 4 is 42.8 Å². The third-order valence-electron chi connectivity index (χ3n) is 3.86. The number of aromatic hydroxyl groups is 1. The Balaban J connectivity index is 2.00. The van der Waals surface area contributed by atoms with Crippen LogP contribution >= 0.6 is 22.7 Å². The topological polar surface area (TPSA) is 20.2 Å². The van der Waals surface area contributed by atoms with E-state index in [1.165, 1.54) is 26.1 Å². The summed E-state index contributed by atoms with van der Waals surface area (Å²) in [5.74, 6) is 0.366. The summed E-state index contributed by atoms with van der Waals surface area (Å²) < 4.78 is 2.46. The molecule has 0 bridgehead atoms. The van der Waals surface area contributed by atoms with Crippen molar-refractivity contribution in [1.29, 1.82) is 0 Å². The maximum absolute atomic E-state index is 10.0. The molecular weight excluding hydrogens is 296 g/mol. The Morgan fingerprint density at radius 2 is 1.95 bits per heavy atom. The van der Waals surface area contributed by atoms with Crippen molar-refractivity contribution in [3.8, 4) is 16.2 Å². The Morgan fingerprint density at radius 1 is 1.05 bits per heavy atom. The van der Waals surface area contributed by atoms with Crippen molar-refractivity contribution in [2.24, 2.45) is 0 Å². The van der Waals surface area contributed by atoms with Gasteiger partial charge in [-0.25, -0.2) is 0 Å². The van der Waals surface area contributed by atoms with Gasteiger partial charge in [0, 0.05) is 19.7 Å². The van der Waals surface area contributed by atoms with E-state index in [0.29, 0.717) is 5.75 Å². The predicted molar refractivity (Wildman–Crippen MR) is 93.7 cm³/mol. The van der Waals surface area contributed by atoms with Crippen LogP contribution in [0, 0.1) is 0 Å². The molecule has 1 nitrogen and oxygen atoms in total. The van der Waals surface area contributed by atoms with Gasteiger partial charge in [0.25, 0.3) is 0 Å². The Kier molecular flexibility index (Phi) is 2.98. The second-order valence-corrected chi connectivity index (χ2v) is 7.15. The lowest BCUT2D eigenvalue weighted by atomic mass is 10.0. The summed E-state index contributed by atoms with van der Waals surface area (Å²) in [7, 11) is 0. The molecule has 0 aliphatic carbocycles. The molecule has 21 heavy (non-hydrogen) atoms. The number of aryl methyl sites for hydroxylation is 1. The van der Waals surface area contributed by atoms with E-state index in [1.807, 2.05) is 6.07 Å². The van der Waals surface area contributed by atoms with Gasteiger partial charge in [0.05, 0.1) is 0 Å². The number of phenols is 1. The first-order valence-electron chi connectivity index (χ1n) is 6.98. The average molecular weight is 310 g/mol. The van der Waals surface area contributed by atoms with Gasteiger partial charge in [0.1, 0.15) is 5.75 Å². The Labute approximate surface area is 131 Å². The maximum Gasteiger partial charge on any atom is 0.124 e. The summed E-state index contributed by atoms with van der Waals surface area (Å²) >= 11 is 3.53. The van der Waals surface area contributed by atoms with Gasteiger partial charge in [0.15, 0.2) is 0 Å². The van der Waals surface area contributed by atoms with E-state index < -0.39 is 0 Å². The van der Waals surface area contributed by atoms with Gasteiger partial charge >= 0.3 is 0 Å². The molecular formula is C18H14OS2. The summed E-state index contributed by atoms with van der Waals surface area (Å²) in [4.78, 5) is 1.23. The summed E-state index contributed by atoms with van der Waals surface area (Å²) in [5, 5.41) is 14.4. The van der Waals surface area contributed by atoms with Gasteiger partial charge < -0.3 is 5.11 Å². The minimum absolute atomic E-state index is 0.366. The molecule has 0 atom stereocenters. The zero-order valence-corrected chi connectivity index (χ0v) is 13.2. The molecule has 0 aliphatic rings. The second kappa shape index (κ2) is 4.86. The molecule has 0 saturated heterocycles. The highest BCUT2D eigenvalue weighted by Crippen LogP contribution is 2.40. The van der Waals surface area contributed by atoms with Crippen LogP contribution in [0.15, 0.2) is 47.8 Å². The summed E-state index contributed by atoms with van der Waals surface area (Å²) in [6, 6.07) is 14.6. The number of fused-ring (bicyclic) bond motifs is 2. The molecule has 0 radical (unpaired) electrons. The fourth-order valence-corrected chi connectivity index (χ4v) is 4.70. The molecule has 104 valence electrons. The van der Waals surface area contributed by atoms with Gasteiger partial charge in [-0.2, -0.15) is 0 Å². The van der Waals surface area contributed by atoms with Crippen LogP contribution in [-0.4, -0.2) is 5.11 Å². The number of hydrogen-bond donors (Lipinski definition) is 1. The van der Waals surface area contributed by atoms with Crippen molar-refractivity contribution in [3.63, 3.8) is 0 Å². The third kappa shape index (κ3) is 2.04. The van der Waals surface area contributed by atoms with Crippen molar-refractivity contribution < 1.29 is 5.11 Å². The fraction of sp³-hybridized carbons (Fsp3) is 0.111. The molecule has 2 aromatic heterocycles. The Hall–Kier alpha value is -1.84. The number of rotatable bonds is 2. The molecule has 0 amide bonds. The highest BCUT2D eigenvalue weighted by atomic mass is 32.1. The second-order valence-electron chi connectivity index (χ2n) is 5.12. The number of thiophene rings is 2. The van der Waals surface area contributed by atoms with Crippen LogP contribution in [0.3, 0.4) is 0 Å². The highest BCUT2D eigenvalue weighted by Gasteiger charge is 2.11. The lowest BCUT2D eigenvalue weighted by Crippen LogP contribution is -1.85. The summed E-state index contributed by atoms with van der Waals surface area (Å²) in [6.45, 7) is 2.20. The van der Waals surface area contributed by atoms with E-state index in [0.717, 1.165) is 16.5 Å². The smallest absolute Gasteiger partial charge is 0.124 e. The van der Waals surface area contributed by atoms with E-state index in [2.05, 4.69) is 42.6 Å². The standard InChI is InChI=1S/C18H14OS2/c1-2-11-8-12-6-7-20-17(12)9-13(11)18-10-14-15(19)4-3-5-16(14)21-18/h3-10,19H,2H2,1H3. The number of phenolic OH excluding ortho intramolecular Hbond substituents is 1. The third-order valence-corrected chi connectivity index (χ3v) is 5.88. The maximum atomic E-state index is 10.0. The molecule has 4 rings (SSSR count). The minimum atomic E-state index is 0.366. The lowest BCUT2D eigenvalue weighted by Gasteiger charge is -2.06. The van der Waals surface area contributed by atoms with Crippen molar-refractivity contribution in [2.75, 3.05) is 0 Å². The molecule has 4 aromatic rings. The Bertz CT molecular complexity index is 946. The van der Waals surface area contributed by atoms with Crippen LogP contribution < -0.4 is 0 Å². The van der Waals surface area contributed by atoms with Crippen LogP contribution in [0.25, 0.3) is 30.6 Å². The number of benzene rings is 2. The van der Waals surface area contributed by atoms with Gasteiger partial charge in [0.2, 0.25) is 0 Å². The van der Waals surface area contributed by atoms with Crippen LogP contribution in [0.1, 0.15) is 12.5 Å². The number of hydrogen-bond acceptors (Lipinski definition) is 3. The lowest BCUT2D eigenvalue weighted by molar-refractivity contribution is 0.482. The van der Waals surface area contributed by atoms with E-state index in [4.69, 9.17) is 0 Å². The molecule has 0 saturated carbocycles. The molecule has 3 heteroatoms. The zero-order valence-electron chi connectivity index (χ0n) is 11.6. The SMILES string of the molecule is CCc1cc2ccsc2cc1-c1cc2c(O)cccc2s1. The molecule has 1 N–H and O–H groups in total. The molecule has 0 unspecified atom stereocenters. The Morgan fingerprint density at radius 3 is 2.76 bits per heavy atom. The predicted octanol–water partition coefficient (Wildman–Crippen LogP) is 6.05.